The van der Waals surface area contributed by atoms with Gasteiger partial charge in [-0.3, -0.25) is 19.2 Å². The summed E-state index contributed by atoms with van der Waals surface area (Å²) in [6.45, 7) is 7.14. The van der Waals surface area contributed by atoms with Gasteiger partial charge in [-0.15, -0.1) is 0 Å². The molecule has 0 saturated carbocycles. The molecule has 1 aromatic heterocycles. The van der Waals surface area contributed by atoms with Gasteiger partial charge in [0.1, 0.15) is 0 Å². The predicted molar refractivity (Wildman–Crippen MR) is 80.1 cm³/mol. The number of nitrogens with one attached hydrogen (secondary N) is 1. The maximum Gasteiger partial charge on any atom is 0.306 e. The fourth-order valence-electron chi connectivity index (χ4n) is 2.04. The second-order valence-corrected chi connectivity index (χ2v) is 4.91. The van der Waals surface area contributed by atoms with Gasteiger partial charge in [0.2, 0.25) is 5.91 Å². The van der Waals surface area contributed by atoms with Gasteiger partial charge in [0.05, 0.1) is 37.2 Å². The Balaban J connectivity index is 2.56. The van der Waals surface area contributed by atoms with Crippen LogP contribution in [-0.4, -0.2) is 53.3 Å². The fraction of sp³-hybridized carbons (Fsp3) is 0.643. The molecule has 1 amide bonds. The standard InChI is InChI=1S/C14H24N4O3/c1-6-18(8-7-13(20)21-5)9-12(19)15-14-10(2)16-17(4)11(14)3/h6-9H2,1-5H3,(H,15,19). The summed E-state index contributed by atoms with van der Waals surface area (Å²) in [6.07, 6.45) is 0.280. The Hall–Kier alpha value is -1.89. The molecule has 0 aliphatic carbocycles. The highest BCUT2D eigenvalue weighted by Gasteiger charge is 2.15. The van der Waals surface area contributed by atoms with Gasteiger partial charge < -0.3 is 10.1 Å². The van der Waals surface area contributed by atoms with Crippen molar-refractivity contribution in [3.63, 3.8) is 0 Å². The third kappa shape index (κ3) is 4.86. The number of aryl methyl sites for hydroxylation is 2. The van der Waals surface area contributed by atoms with E-state index in [0.717, 1.165) is 17.1 Å². The molecule has 0 radical (unpaired) electrons. The van der Waals surface area contributed by atoms with Crippen molar-refractivity contribution in [2.45, 2.75) is 27.2 Å². The van der Waals surface area contributed by atoms with E-state index in [1.165, 1.54) is 7.11 Å². The van der Waals surface area contributed by atoms with Crippen LogP contribution in [0.3, 0.4) is 0 Å². The minimum Gasteiger partial charge on any atom is -0.469 e. The Bertz CT molecular complexity index is 511. The molecule has 1 aromatic rings. The van der Waals surface area contributed by atoms with Crippen LogP contribution in [0.2, 0.25) is 0 Å². The average molecular weight is 296 g/mol. The van der Waals surface area contributed by atoms with Crippen molar-refractivity contribution in [1.29, 1.82) is 0 Å². The topological polar surface area (TPSA) is 76.5 Å². The van der Waals surface area contributed by atoms with E-state index >= 15 is 0 Å². The molecule has 0 fully saturated rings. The highest BCUT2D eigenvalue weighted by atomic mass is 16.5. The molecule has 0 aromatic carbocycles. The van der Waals surface area contributed by atoms with Gasteiger partial charge in [0.25, 0.3) is 0 Å². The summed E-state index contributed by atoms with van der Waals surface area (Å²) in [5, 5.41) is 7.15. The van der Waals surface area contributed by atoms with Crippen molar-refractivity contribution < 1.29 is 14.3 Å². The molecule has 0 atom stereocenters. The highest BCUT2D eigenvalue weighted by Crippen LogP contribution is 2.18. The summed E-state index contributed by atoms with van der Waals surface area (Å²) in [5.74, 6) is -0.381. The van der Waals surface area contributed by atoms with Crippen LogP contribution >= 0.6 is 0 Å². The number of amides is 1. The number of likely N-dealkylation sites (N-methyl/N-ethyl adjacent to an activating group) is 1. The summed E-state index contributed by atoms with van der Waals surface area (Å²) in [7, 11) is 3.20. The average Bonchev–Trinajstić information content (AvgIpc) is 2.69. The van der Waals surface area contributed by atoms with E-state index in [0.29, 0.717) is 13.1 Å². The van der Waals surface area contributed by atoms with Gasteiger partial charge >= 0.3 is 5.97 Å². The molecular weight excluding hydrogens is 272 g/mol. The Labute approximate surface area is 125 Å². The first-order valence-electron chi connectivity index (χ1n) is 6.98. The number of rotatable bonds is 7. The number of hydrogen-bond donors (Lipinski definition) is 1. The Kier molecular flexibility index (Phi) is 6.36. The molecule has 1 rings (SSSR count). The van der Waals surface area contributed by atoms with E-state index in [1.807, 2.05) is 32.7 Å². The van der Waals surface area contributed by atoms with Crippen LogP contribution in [0.25, 0.3) is 0 Å². The Morgan fingerprint density at radius 1 is 1.38 bits per heavy atom. The van der Waals surface area contributed by atoms with Gasteiger partial charge in [-0.1, -0.05) is 6.92 Å². The number of aromatic nitrogens is 2. The molecule has 7 nitrogen and oxygen atoms in total. The lowest BCUT2D eigenvalue weighted by Gasteiger charge is -2.19. The second kappa shape index (κ2) is 7.78. The first kappa shape index (κ1) is 17.2. The van der Waals surface area contributed by atoms with Crippen LogP contribution < -0.4 is 5.32 Å². The van der Waals surface area contributed by atoms with Crippen molar-refractivity contribution in [1.82, 2.24) is 14.7 Å². The van der Waals surface area contributed by atoms with E-state index in [1.54, 1.807) is 4.68 Å². The summed E-state index contributed by atoms with van der Waals surface area (Å²) >= 11 is 0. The van der Waals surface area contributed by atoms with Crippen LogP contribution in [0.15, 0.2) is 0 Å². The number of nitrogens with zero attached hydrogens (tertiary/aromatic N) is 3. The lowest BCUT2D eigenvalue weighted by atomic mass is 10.3. The Morgan fingerprint density at radius 2 is 2.05 bits per heavy atom. The van der Waals surface area contributed by atoms with Crippen molar-refractivity contribution in [2.24, 2.45) is 7.05 Å². The molecule has 118 valence electrons. The molecule has 0 aliphatic heterocycles. The lowest BCUT2D eigenvalue weighted by Crippen LogP contribution is -2.35. The molecule has 7 heteroatoms. The van der Waals surface area contributed by atoms with E-state index in [4.69, 9.17) is 0 Å². The van der Waals surface area contributed by atoms with Crippen LogP contribution in [0.4, 0.5) is 5.69 Å². The minimum absolute atomic E-state index is 0.110. The van der Waals surface area contributed by atoms with Crippen molar-refractivity contribution in [2.75, 3.05) is 32.1 Å². The molecule has 0 spiro atoms. The van der Waals surface area contributed by atoms with Gasteiger partial charge in [0.15, 0.2) is 0 Å². The third-order valence-electron chi connectivity index (χ3n) is 3.45. The molecule has 0 saturated heterocycles. The van der Waals surface area contributed by atoms with Gasteiger partial charge in [0, 0.05) is 13.6 Å². The molecule has 0 aliphatic rings. The Morgan fingerprint density at radius 3 is 2.52 bits per heavy atom. The maximum absolute atomic E-state index is 12.1. The summed E-state index contributed by atoms with van der Waals surface area (Å²) in [5.41, 5.74) is 2.46. The largest absolute Gasteiger partial charge is 0.469 e. The van der Waals surface area contributed by atoms with Crippen molar-refractivity contribution in [3.05, 3.63) is 11.4 Å². The maximum atomic E-state index is 12.1. The van der Waals surface area contributed by atoms with Crippen LogP contribution in [0.5, 0.6) is 0 Å². The van der Waals surface area contributed by atoms with Crippen LogP contribution in [0, 0.1) is 13.8 Å². The van der Waals surface area contributed by atoms with E-state index in [2.05, 4.69) is 15.2 Å². The van der Waals surface area contributed by atoms with E-state index < -0.39 is 0 Å². The number of carbonyl (C=O) groups is 2. The SMILES string of the molecule is CCN(CCC(=O)OC)CC(=O)Nc1c(C)nn(C)c1C. The summed E-state index contributed by atoms with van der Waals surface area (Å²) < 4.78 is 6.34. The first-order chi connectivity index (χ1) is 9.88. The zero-order chi connectivity index (χ0) is 16.0. The number of carbonyl (C=O) groups excluding carboxylic acids is 2. The smallest absolute Gasteiger partial charge is 0.306 e. The molecule has 1 N–H and O–H groups in total. The molecule has 0 bridgehead atoms. The van der Waals surface area contributed by atoms with Crippen molar-refractivity contribution in [3.8, 4) is 0 Å². The molecular formula is C14H24N4O3. The normalized spacial score (nSPS) is 10.8. The highest BCUT2D eigenvalue weighted by molar-refractivity contribution is 5.93. The number of esters is 1. The van der Waals surface area contributed by atoms with E-state index in [-0.39, 0.29) is 24.8 Å². The molecule has 0 unspecified atom stereocenters. The predicted octanol–water partition coefficient (Wildman–Crippen LogP) is 0.860. The first-order valence-corrected chi connectivity index (χ1v) is 6.98. The van der Waals surface area contributed by atoms with Crippen LogP contribution in [0.1, 0.15) is 24.7 Å². The quantitative estimate of drug-likeness (QED) is 0.755. The van der Waals surface area contributed by atoms with Crippen molar-refractivity contribution >= 4 is 17.6 Å². The fourth-order valence-corrected chi connectivity index (χ4v) is 2.04. The molecule has 1 heterocycles. The van der Waals surface area contributed by atoms with Gasteiger partial charge in [-0.05, 0) is 20.4 Å². The number of methoxy groups -OCH3 is 1. The lowest BCUT2D eigenvalue weighted by molar-refractivity contribution is -0.141. The second-order valence-electron chi connectivity index (χ2n) is 4.91. The van der Waals surface area contributed by atoms with E-state index in [9.17, 15) is 9.59 Å². The minimum atomic E-state index is -0.271. The van der Waals surface area contributed by atoms with Crippen LogP contribution in [-0.2, 0) is 21.4 Å². The zero-order valence-corrected chi connectivity index (χ0v) is 13.4. The number of anilines is 1. The van der Waals surface area contributed by atoms with Gasteiger partial charge in [-0.2, -0.15) is 5.10 Å². The third-order valence-corrected chi connectivity index (χ3v) is 3.45. The zero-order valence-electron chi connectivity index (χ0n) is 13.4. The summed E-state index contributed by atoms with van der Waals surface area (Å²) in [4.78, 5) is 25.1. The summed E-state index contributed by atoms with van der Waals surface area (Å²) in [6, 6.07) is 0. The monoisotopic (exact) mass is 296 g/mol. The number of hydrogen-bond acceptors (Lipinski definition) is 5. The number of ether oxygens (including phenoxy) is 1. The molecule has 21 heavy (non-hydrogen) atoms. The van der Waals surface area contributed by atoms with Gasteiger partial charge in [-0.25, -0.2) is 0 Å².